The van der Waals surface area contributed by atoms with Gasteiger partial charge >= 0.3 is 97.9 Å². The van der Waals surface area contributed by atoms with Crippen LogP contribution in [0.15, 0.2) is 48.5 Å². The number of rotatable bonds is 2. The second-order valence-corrected chi connectivity index (χ2v) is 4.46. The summed E-state index contributed by atoms with van der Waals surface area (Å²) in [5.41, 5.74) is 2.46. The molecule has 0 aliphatic rings. The molecular formula is C12H10NSb. The van der Waals surface area contributed by atoms with E-state index in [1.807, 2.05) is 12.1 Å². The van der Waals surface area contributed by atoms with E-state index in [0.717, 1.165) is 15.8 Å². The summed E-state index contributed by atoms with van der Waals surface area (Å²) in [6.07, 6.45) is 0.927. The minimum atomic E-state index is 0.927. The van der Waals surface area contributed by atoms with Crippen molar-refractivity contribution < 1.29 is 0 Å². The molecule has 2 radical (unpaired) electrons. The zero-order valence-corrected chi connectivity index (χ0v) is 10.3. The molecule has 14 heavy (non-hydrogen) atoms. The van der Waals surface area contributed by atoms with E-state index in [9.17, 15) is 0 Å². The van der Waals surface area contributed by atoms with Gasteiger partial charge < -0.3 is 0 Å². The molecular weight excluding hydrogens is 280 g/mol. The molecule has 0 spiro atoms. The molecule has 1 heterocycles. The zero-order chi connectivity index (χ0) is 9.80. The van der Waals surface area contributed by atoms with Crippen LogP contribution in [0.1, 0.15) is 11.3 Å². The summed E-state index contributed by atoms with van der Waals surface area (Å²) in [4.78, 5) is 4.49. The molecule has 68 valence electrons. The first-order valence-electron chi connectivity index (χ1n) is 4.53. The number of nitrogens with zero attached hydrogens (tertiary/aromatic N) is 1. The minimum absolute atomic E-state index is 0.927. The van der Waals surface area contributed by atoms with Gasteiger partial charge in [-0.1, -0.05) is 0 Å². The molecule has 0 unspecified atom stereocenters. The quantitative estimate of drug-likeness (QED) is 0.763. The summed E-state index contributed by atoms with van der Waals surface area (Å²) in [7, 11) is 0. The van der Waals surface area contributed by atoms with Crippen molar-refractivity contribution in [3.8, 4) is 0 Å². The summed E-state index contributed by atoms with van der Waals surface area (Å²) >= 11 is 1.66. The molecule has 0 aliphatic heterocycles. The monoisotopic (exact) mass is 289 g/mol. The van der Waals surface area contributed by atoms with Crippen LogP contribution in [0.4, 0.5) is 0 Å². The number of hydrogen-bond donors (Lipinski definition) is 0. The van der Waals surface area contributed by atoms with Crippen molar-refractivity contribution in [2.75, 3.05) is 0 Å². The van der Waals surface area contributed by atoms with E-state index < -0.39 is 0 Å². The summed E-state index contributed by atoms with van der Waals surface area (Å²) in [5, 5.41) is 0. The summed E-state index contributed by atoms with van der Waals surface area (Å²) in [6.45, 7) is 0. The molecule has 0 N–H and O–H groups in total. The molecule has 2 rings (SSSR count). The van der Waals surface area contributed by atoms with Crippen LogP contribution in [-0.4, -0.2) is 28.0 Å². The molecule has 0 fully saturated rings. The maximum atomic E-state index is 4.49. The molecule has 0 atom stereocenters. The third-order valence-electron chi connectivity index (χ3n) is 2.02. The fraction of sp³-hybridized carbons (Fsp3) is 0.0833. The van der Waals surface area contributed by atoms with Crippen molar-refractivity contribution >= 4 is 26.7 Å². The van der Waals surface area contributed by atoms with Crippen molar-refractivity contribution in [2.24, 2.45) is 0 Å². The van der Waals surface area contributed by atoms with Gasteiger partial charge in [0.15, 0.2) is 0 Å². The van der Waals surface area contributed by atoms with Crippen molar-refractivity contribution in [3.05, 3.63) is 59.8 Å². The Bertz CT molecular complexity index is 412. The van der Waals surface area contributed by atoms with Crippen molar-refractivity contribution in [1.82, 2.24) is 4.98 Å². The second-order valence-electron chi connectivity index (χ2n) is 3.15. The van der Waals surface area contributed by atoms with Crippen LogP contribution in [0.2, 0.25) is 0 Å². The van der Waals surface area contributed by atoms with Gasteiger partial charge in [0, 0.05) is 0 Å². The van der Waals surface area contributed by atoms with Crippen molar-refractivity contribution in [1.29, 1.82) is 0 Å². The van der Waals surface area contributed by atoms with Gasteiger partial charge in [0.25, 0.3) is 0 Å². The number of benzene rings is 1. The zero-order valence-electron chi connectivity index (χ0n) is 7.72. The van der Waals surface area contributed by atoms with Crippen LogP contribution < -0.4 is 3.64 Å². The van der Waals surface area contributed by atoms with Crippen LogP contribution in [0.5, 0.6) is 0 Å². The molecule has 0 bridgehead atoms. The summed E-state index contributed by atoms with van der Waals surface area (Å²) < 4.78 is 1.13. The van der Waals surface area contributed by atoms with Crippen molar-refractivity contribution in [2.45, 2.75) is 6.42 Å². The molecule has 2 aromatic rings. The Labute approximate surface area is 97.7 Å². The Kier molecular flexibility index (Phi) is 3.21. The molecule has 0 saturated carbocycles. The van der Waals surface area contributed by atoms with Gasteiger partial charge in [0.2, 0.25) is 0 Å². The van der Waals surface area contributed by atoms with Gasteiger partial charge in [-0.2, -0.15) is 0 Å². The third kappa shape index (κ3) is 2.59. The standard InChI is InChI=1S/C12H10N.Sb/c1-2-6-11(7-3-1)10-12-8-4-5-9-13-12;/h1-8H,10H2;. The molecule has 1 aromatic carbocycles. The van der Waals surface area contributed by atoms with Crippen LogP contribution >= 0.6 is 0 Å². The number of pyridine rings is 1. The Morgan fingerprint density at radius 2 is 1.71 bits per heavy atom. The second kappa shape index (κ2) is 4.61. The van der Waals surface area contributed by atoms with Gasteiger partial charge in [-0.15, -0.1) is 0 Å². The van der Waals surface area contributed by atoms with E-state index >= 15 is 0 Å². The van der Waals surface area contributed by atoms with E-state index in [1.54, 1.807) is 23.0 Å². The summed E-state index contributed by atoms with van der Waals surface area (Å²) in [5.74, 6) is 0. The van der Waals surface area contributed by atoms with E-state index in [0.29, 0.717) is 0 Å². The third-order valence-corrected chi connectivity index (χ3v) is 2.73. The van der Waals surface area contributed by atoms with Gasteiger partial charge in [-0.3, -0.25) is 0 Å². The van der Waals surface area contributed by atoms with E-state index in [1.165, 1.54) is 5.56 Å². The van der Waals surface area contributed by atoms with Gasteiger partial charge in [0.1, 0.15) is 0 Å². The Morgan fingerprint density at radius 1 is 0.929 bits per heavy atom. The maximum absolute atomic E-state index is 4.49. The summed E-state index contributed by atoms with van der Waals surface area (Å²) in [6, 6.07) is 16.6. The number of hydrogen-bond acceptors (Lipinski definition) is 1. The average Bonchev–Trinajstić information content (AvgIpc) is 2.19. The topological polar surface area (TPSA) is 12.9 Å². The first-order valence-corrected chi connectivity index (χ1v) is 5.81. The fourth-order valence-corrected chi connectivity index (χ4v) is 1.98. The Morgan fingerprint density at radius 3 is 2.43 bits per heavy atom. The molecule has 1 nitrogen and oxygen atoms in total. The molecule has 0 amide bonds. The number of aromatic nitrogens is 1. The Hall–Kier alpha value is -0.812. The predicted molar refractivity (Wildman–Crippen MR) is 58.9 cm³/mol. The molecule has 0 saturated heterocycles. The predicted octanol–water partition coefficient (Wildman–Crippen LogP) is 1.47. The first kappa shape index (κ1) is 9.73. The van der Waals surface area contributed by atoms with Gasteiger partial charge in [-0.05, 0) is 0 Å². The van der Waals surface area contributed by atoms with Crippen molar-refractivity contribution in [3.63, 3.8) is 0 Å². The SMILES string of the molecule is [Sb][c]1cccc(Cc2ccccc2)n1. The van der Waals surface area contributed by atoms with Gasteiger partial charge in [-0.25, -0.2) is 0 Å². The van der Waals surface area contributed by atoms with Crippen LogP contribution in [0.3, 0.4) is 0 Å². The molecule has 0 aliphatic carbocycles. The average molecular weight is 290 g/mol. The normalized spacial score (nSPS) is 10.1. The fourth-order valence-electron chi connectivity index (χ4n) is 1.37. The molecule has 2 heteroatoms. The Balaban J connectivity index is 2.19. The van der Waals surface area contributed by atoms with E-state index in [-0.39, 0.29) is 0 Å². The van der Waals surface area contributed by atoms with E-state index in [2.05, 4.69) is 41.4 Å². The van der Waals surface area contributed by atoms with Gasteiger partial charge in [0.05, 0.1) is 0 Å². The first-order chi connectivity index (χ1) is 6.84. The van der Waals surface area contributed by atoms with Crippen LogP contribution in [-0.2, 0) is 6.42 Å². The van der Waals surface area contributed by atoms with Crippen LogP contribution in [0, 0.1) is 0 Å². The molecule has 1 aromatic heterocycles. The van der Waals surface area contributed by atoms with Crippen LogP contribution in [0.25, 0.3) is 0 Å². The van der Waals surface area contributed by atoms with E-state index in [4.69, 9.17) is 0 Å².